The van der Waals surface area contributed by atoms with Crippen LogP contribution in [0, 0.1) is 19.8 Å². The molecule has 2 rings (SSSR count). The monoisotopic (exact) mass is 290 g/mol. The third-order valence-corrected chi connectivity index (χ3v) is 4.21. The maximum atomic E-state index is 12.4. The lowest BCUT2D eigenvalue weighted by atomic mass is 9.93. The summed E-state index contributed by atoms with van der Waals surface area (Å²) in [4.78, 5) is 20.9. The zero-order chi connectivity index (χ0) is 15.6. The predicted octanol–water partition coefficient (Wildman–Crippen LogP) is 2.50. The summed E-state index contributed by atoms with van der Waals surface area (Å²) in [6.45, 7) is 8.22. The van der Waals surface area contributed by atoms with Crippen LogP contribution in [0.3, 0.4) is 0 Å². The highest BCUT2D eigenvalue weighted by Crippen LogP contribution is 2.21. The van der Waals surface area contributed by atoms with E-state index >= 15 is 0 Å². The fourth-order valence-electron chi connectivity index (χ4n) is 3.17. The third-order valence-electron chi connectivity index (χ3n) is 4.21. The maximum absolute atomic E-state index is 12.4. The van der Waals surface area contributed by atoms with Crippen LogP contribution < -0.4 is 5.32 Å². The van der Waals surface area contributed by atoms with E-state index in [4.69, 9.17) is 0 Å². The van der Waals surface area contributed by atoms with Crippen molar-refractivity contribution in [2.24, 2.45) is 5.92 Å². The summed E-state index contributed by atoms with van der Waals surface area (Å²) in [6.07, 6.45) is 1.02. The van der Waals surface area contributed by atoms with Crippen LogP contribution in [-0.2, 0) is 0 Å². The number of rotatable bonds is 2. The van der Waals surface area contributed by atoms with Crippen LogP contribution in [0.1, 0.15) is 24.6 Å². The first-order chi connectivity index (χ1) is 9.86. The summed E-state index contributed by atoms with van der Waals surface area (Å²) < 4.78 is 0. The zero-order valence-electron chi connectivity index (χ0n) is 13.7. The van der Waals surface area contributed by atoms with Gasteiger partial charge in [0.25, 0.3) is 0 Å². The molecule has 1 aliphatic rings. The van der Waals surface area contributed by atoms with Gasteiger partial charge in [-0.25, -0.2) is 9.78 Å². The van der Waals surface area contributed by atoms with Gasteiger partial charge in [-0.05, 0) is 57.5 Å². The molecule has 0 unspecified atom stereocenters. The fraction of sp³-hybridized carbons (Fsp3) is 0.625. The Morgan fingerprint density at radius 2 is 2.14 bits per heavy atom. The Morgan fingerprint density at radius 3 is 2.76 bits per heavy atom. The standard InChI is InChI=1S/C16H26N4O/c1-11-8-13(3)17-15(9-11)18-16(21)20(5)14-6-7-19(4)10-12(14)2/h8-9,12,14H,6-7,10H2,1-5H3,(H,17,18,21)/t12-,14+/m0/s1. The Bertz CT molecular complexity index is 497. The van der Waals surface area contributed by atoms with Gasteiger partial charge in [-0.2, -0.15) is 0 Å². The number of pyridine rings is 1. The number of hydrogen-bond donors (Lipinski definition) is 1. The molecule has 5 heteroatoms. The average Bonchev–Trinajstić information content (AvgIpc) is 2.36. The zero-order valence-corrected chi connectivity index (χ0v) is 13.7. The molecule has 2 heterocycles. The Hall–Kier alpha value is -1.62. The highest BCUT2D eigenvalue weighted by Gasteiger charge is 2.30. The number of nitrogens with one attached hydrogen (secondary N) is 1. The molecule has 1 N–H and O–H groups in total. The van der Waals surface area contributed by atoms with Crippen molar-refractivity contribution in [2.45, 2.75) is 33.2 Å². The lowest BCUT2D eigenvalue weighted by Gasteiger charge is -2.39. The molecule has 0 aliphatic carbocycles. The van der Waals surface area contributed by atoms with E-state index in [0.717, 1.165) is 30.8 Å². The SMILES string of the molecule is Cc1cc(C)nc(NC(=O)N(C)[C@@H]2CCN(C)C[C@@H]2C)c1. The van der Waals surface area contributed by atoms with E-state index in [1.54, 1.807) is 0 Å². The number of piperidine rings is 1. The van der Waals surface area contributed by atoms with Gasteiger partial charge in [0.1, 0.15) is 5.82 Å². The first-order valence-corrected chi connectivity index (χ1v) is 7.54. The molecule has 0 bridgehead atoms. The molecule has 21 heavy (non-hydrogen) atoms. The van der Waals surface area contributed by atoms with Gasteiger partial charge >= 0.3 is 6.03 Å². The van der Waals surface area contributed by atoms with Gasteiger partial charge < -0.3 is 9.80 Å². The molecule has 5 nitrogen and oxygen atoms in total. The molecule has 2 atom stereocenters. The van der Waals surface area contributed by atoms with Crippen LogP contribution in [0.15, 0.2) is 12.1 Å². The van der Waals surface area contributed by atoms with Crippen molar-refractivity contribution in [1.82, 2.24) is 14.8 Å². The summed E-state index contributed by atoms with van der Waals surface area (Å²) in [5, 5.41) is 2.91. The summed E-state index contributed by atoms with van der Waals surface area (Å²) in [5.74, 6) is 1.11. The quantitative estimate of drug-likeness (QED) is 0.910. The summed E-state index contributed by atoms with van der Waals surface area (Å²) in [5.41, 5.74) is 2.02. The van der Waals surface area contributed by atoms with Gasteiger partial charge in [0.2, 0.25) is 0 Å². The largest absolute Gasteiger partial charge is 0.324 e. The highest BCUT2D eigenvalue weighted by molar-refractivity contribution is 5.88. The molecule has 0 aromatic carbocycles. The molecule has 1 aromatic heterocycles. The number of amides is 2. The van der Waals surface area contributed by atoms with Crippen molar-refractivity contribution in [3.63, 3.8) is 0 Å². The Labute approximate surface area is 127 Å². The van der Waals surface area contributed by atoms with Crippen LogP contribution >= 0.6 is 0 Å². The first kappa shape index (κ1) is 15.8. The highest BCUT2D eigenvalue weighted by atomic mass is 16.2. The van der Waals surface area contributed by atoms with Crippen molar-refractivity contribution in [3.8, 4) is 0 Å². The van der Waals surface area contributed by atoms with Crippen molar-refractivity contribution in [3.05, 3.63) is 23.4 Å². The van der Waals surface area contributed by atoms with Gasteiger partial charge in [-0.15, -0.1) is 0 Å². The maximum Gasteiger partial charge on any atom is 0.323 e. The van der Waals surface area contributed by atoms with E-state index in [0.29, 0.717) is 11.7 Å². The van der Waals surface area contributed by atoms with Crippen molar-refractivity contribution >= 4 is 11.8 Å². The van der Waals surface area contributed by atoms with Crippen molar-refractivity contribution in [1.29, 1.82) is 0 Å². The number of urea groups is 1. The van der Waals surface area contributed by atoms with E-state index in [-0.39, 0.29) is 12.1 Å². The number of carbonyl (C=O) groups excluding carboxylic acids is 1. The van der Waals surface area contributed by atoms with E-state index in [1.807, 2.05) is 37.9 Å². The number of aryl methyl sites for hydroxylation is 2. The second-order valence-electron chi connectivity index (χ2n) is 6.31. The summed E-state index contributed by atoms with van der Waals surface area (Å²) in [7, 11) is 4.01. The molecule has 1 saturated heterocycles. The van der Waals surface area contributed by atoms with Gasteiger partial charge in [-0.3, -0.25) is 5.32 Å². The molecule has 1 fully saturated rings. The van der Waals surface area contributed by atoms with Crippen LogP contribution in [0.2, 0.25) is 0 Å². The molecule has 0 saturated carbocycles. The average molecular weight is 290 g/mol. The van der Waals surface area contributed by atoms with E-state index in [9.17, 15) is 4.79 Å². The Kier molecular flexibility index (Phi) is 4.83. The second kappa shape index (κ2) is 6.43. The normalized spacial score (nSPS) is 22.9. The van der Waals surface area contributed by atoms with Gasteiger partial charge in [0.05, 0.1) is 0 Å². The smallest absolute Gasteiger partial charge is 0.323 e. The molecule has 1 aliphatic heterocycles. The van der Waals surface area contributed by atoms with Crippen LogP contribution in [0.5, 0.6) is 0 Å². The molecular formula is C16H26N4O. The minimum absolute atomic E-state index is 0.0751. The molecule has 1 aromatic rings. The van der Waals surface area contributed by atoms with Crippen LogP contribution in [0.25, 0.3) is 0 Å². The van der Waals surface area contributed by atoms with Crippen LogP contribution in [0.4, 0.5) is 10.6 Å². The predicted molar refractivity (Wildman–Crippen MR) is 85.6 cm³/mol. The second-order valence-corrected chi connectivity index (χ2v) is 6.31. The minimum Gasteiger partial charge on any atom is -0.324 e. The molecule has 2 amide bonds. The Morgan fingerprint density at radius 1 is 1.43 bits per heavy atom. The van der Waals surface area contributed by atoms with E-state index < -0.39 is 0 Å². The topological polar surface area (TPSA) is 48.5 Å². The summed E-state index contributed by atoms with van der Waals surface area (Å²) >= 11 is 0. The van der Waals surface area contributed by atoms with Crippen molar-refractivity contribution < 1.29 is 4.79 Å². The lowest BCUT2D eigenvalue weighted by molar-refractivity contribution is 0.113. The number of likely N-dealkylation sites (tertiary alicyclic amines) is 1. The van der Waals surface area contributed by atoms with E-state index in [2.05, 4.69) is 29.2 Å². The van der Waals surface area contributed by atoms with Gasteiger partial charge in [0, 0.05) is 25.3 Å². The third kappa shape index (κ3) is 3.94. The number of hydrogen-bond acceptors (Lipinski definition) is 3. The summed E-state index contributed by atoms with van der Waals surface area (Å²) in [6, 6.07) is 4.11. The Balaban J connectivity index is 2.02. The molecule has 0 radical (unpaired) electrons. The number of carbonyl (C=O) groups is 1. The number of aromatic nitrogens is 1. The van der Waals surface area contributed by atoms with Gasteiger partial charge in [0.15, 0.2) is 0 Å². The molecule has 116 valence electrons. The molecule has 0 spiro atoms. The molecular weight excluding hydrogens is 264 g/mol. The first-order valence-electron chi connectivity index (χ1n) is 7.54. The van der Waals surface area contributed by atoms with Crippen molar-refractivity contribution in [2.75, 3.05) is 32.5 Å². The van der Waals surface area contributed by atoms with Gasteiger partial charge in [-0.1, -0.05) is 6.92 Å². The fourth-order valence-corrected chi connectivity index (χ4v) is 3.17. The number of anilines is 1. The van der Waals surface area contributed by atoms with Crippen LogP contribution in [-0.4, -0.2) is 54.0 Å². The minimum atomic E-state index is -0.0751. The number of nitrogens with zero attached hydrogens (tertiary/aromatic N) is 3. The van der Waals surface area contributed by atoms with E-state index in [1.165, 1.54) is 0 Å². The lowest BCUT2D eigenvalue weighted by Crippen LogP contribution is -2.50.